The molecule has 0 amide bonds. The van der Waals surface area contributed by atoms with Crippen LogP contribution >= 0.6 is 15.9 Å². The summed E-state index contributed by atoms with van der Waals surface area (Å²) in [5, 5.41) is 4.55. The molecule has 0 atom stereocenters. The Bertz CT molecular complexity index is 1110. The predicted octanol–water partition coefficient (Wildman–Crippen LogP) is 5.66. The minimum atomic E-state index is -0.504. The van der Waals surface area contributed by atoms with Crippen molar-refractivity contribution in [1.29, 1.82) is 0 Å². The van der Waals surface area contributed by atoms with E-state index in [9.17, 15) is 9.18 Å². The normalized spacial score (nSPS) is 10.6. The molecule has 0 aliphatic rings. The van der Waals surface area contributed by atoms with E-state index >= 15 is 0 Å². The molecule has 0 aliphatic carbocycles. The average Bonchev–Trinajstić information content (AvgIpc) is 3.13. The van der Waals surface area contributed by atoms with Crippen molar-refractivity contribution in [3.05, 3.63) is 101 Å². The predicted molar refractivity (Wildman–Crippen MR) is 108 cm³/mol. The van der Waals surface area contributed by atoms with Gasteiger partial charge in [0, 0.05) is 16.1 Å². The summed E-state index contributed by atoms with van der Waals surface area (Å²) in [5.41, 5.74) is 2.52. The Morgan fingerprint density at radius 1 is 0.929 bits per heavy atom. The van der Waals surface area contributed by atoms with Crippen LogP contribution in [0.15, 0.2) is 89.4 Å². The number of hydrogen-bond donors (Lipinski definition) is 0. The number of rotatable bonds is 4. The minimum absolute atomic E-state index is 0.248. The van der Waals surface area contributed by atoms with E-state index in [0.29, 0.717) is 16.9 Å². The largest absolute Gasteiger partial charge is 0.404 e. The van der Waals surface area contributed by atoms with Crippen LogP contribution in [0.4, 0.5) is 4.39 Å². The summed E-state index contributed by atoms with van der Waals surface area (Å²) in [4.78, 5) is 12.6. The lowest BCUT2D eigenvalue weighted by molar-refractivity contribution is 0.0723. The Labute approximate surface area is 169 Å². The zero-order valence-corrected chi connectivity index (χ0v) is 16.1. The number of carbonyl (C=O) groups is 1. The molecule has 4 aromatic rings. The number of aromatic nitrogens is 2. The van der Waals surface area contributed by atoms with Gasteiger partial charge in [-0.2, -0.15) is 5.10 Å². The highest BCUT2D eigenvalue weighted by Crippen LogP contribution is 2.27. The number of nitrogens with zero attached hydrogens (tertiary/aromatic N) is 2. The summed E-state index contributed by atoms with van der Waals surface area (Å²) in [5.74, 6) is -0.610. The lowest BCUT2D eigenvalue weighted by Gasteiger charge is -2.08. The van der Waals surface area contributed by atoms with Crippen LogP contribution < -0.4 is 4.74 Å². The maximum Gasteiger partial charge on any atom is 0.344 e. The molecule has 0 aliphatic heterocycles. The molecule has 1 heterocycles. The molecular weight excluding hydrogens is 423 g/mol. The minimum Gasteiger partial charge on any atom is -0.404 e. The number of ether oxygens (including phenoxy) is 1. The van der Waals surface area contributed by atoms with Gasteiger partial charge in [0.2, 0.25) is 5.88 Å². The fraction of sp³-hybridized carbons (Fsp3) is 0. The molecule has 4 rings (SSSR count). The van der Waals surface area contributed by atoms with E-state index < -0.39 is 5.97 Å². The van der Waals surface area contributed by atoms with Crippen LogP contribution in [0.5, 0.6) is 5.88 Å². The van der Waals surface area contributed by atoms with Crippen LogP contribution in [0.3, 0.4) is 0 Å². The Balaban J connectivity index is 1.73. The first-order valence-corrected chi connectivity index (χ1v) is 9.28. The smallest absolute Gasteiger partial charge is 0.344 e. The number of benzene rings is 3. The van der Waals surface area contributed by atoms with Crippen molar-refractivity contribution in [2.75, 3.05) is 0 Å². The zero-order valence-electron chi connectivity index (χ0n) is 14.5. The molecule has 0 saturated heterocycles. The molecule has 0 N–H and O–H groups in total. The summed E-state index contributed by atoms with van der Waals surface area (Å²) in [6.45, 7) is 0. The fourth-order valence-electron chi connectivity index (χ4n) is 2.69. The van der Waals surface area contributed by atoms with Crippen molar-refractivity contribution in [3.63, 3.8) is 0 Å². The molecule has 6 heteroatoms. The first-order valence-electron chi connectivity index (χ1n) is 8.49. The maximum atomic E-state index is 13.3. The molecule has 4 nitrogen and oxygen atoms in total. The van der Waals surface area contributed by atoms with Crippen LogP contribution in [-0.4, -0.2) is 15.7 Å². The Hall–Kier alpha value is -3.25. The average molecular weight is 437 g/mol. The topological polar surface area (TPSA) is 44.1 Å². The lowest BCUT2D eigenvalue weighted by Crippen LogP contribution is -2.11. The van der Waals surface area contributed by atoms with E-state index in [1.807, 2.05) is 30.3 Å². The van der Waals surface area contributed by atoms with Crippen molar-refractivity contribution < 1.29 is 13.9 Å². The third-order valence-corrected chi connectivity index (χ3v) is 4.62. The standard InChI is InChI=1S/C22H14BrFN2O2/c23-17-8-6-16(7-9-17)22(27)28-21-14-20(15-4-2-1-3-5-15)25-26(21)19-12-10-18(24)11-13-19/h1-14H. The number of halogens is 2. The second-order valence-electron chi connectivity index (χ2n) is 6.02. The van der Waals surface area contributed by atoms with Gasteiger partial charge >= 0.3 is 5.97 Å². The first-order chi connectivity index (χ1) is 13.6. The van der Waals surface area contributed by atoms with Gasteiger partial charge in [-0.3, -0.25) is 0 Å². The van der Waals surface area contributed by atoms with Crippen LogP contribution in [0.25, 0.3) is 16.9 Å². The lowest BCUT2D eigenvalue weighted by atomic mass is 10.2. The van der Waals surface area contributed by atoms with E-state index in [0.717, 1.165) is 10.0 Å². The van der Waals surface area contributed by atoms with Gasteiger partial charge in [-0.05, 0) is 48.5 Å². The van der Waals surface area contributed by atoms with E-state index in [1.165, 1.54) is 16.8 Å². The summed E-state index contributed by atoms with van der Waals surface area (Å²) < 4.78 is 21.3. The summed E-state index contributed by atoms with van der Waals surface area (Å²) in [6, 6.07) is 23.9. The Kier molecular flexibility index (Phi) is 5.04. The molecule has 28 heavy (non-hydrogen) atoms. The summed E-state index contributed by atoms with van der Waals surface area (Å²) in [6.07, 6.45) is 0. The molecule has 1 aromatic heterocycles. The van der Waals surface area contributed by atoms with Gasteiger partial charge in [0.15, 0.2) is 0 Å². The van der Waals surface area contributed by atoms with Gasteiger partial charge in [0.05, 0.1) is 16.9 Å². The quantitative estimate of drug-likeness (QED) is 0.387. The fourth-order valence-corrected chi connectivity index (χ4v) is 2.96. The van der Waals surface area contributed by atoms with Gasteiger partial charge in [-0.25, -0.2) is 13.9 Å². The van der Waals surface area contributed by atoms with Crippen LogP contribution in [0, 0.1) is 5.82 Å². The van der Waals surface area contributed by atoms with Gasteiger partial charge in [-0.15, -0.1) is 0 Å². The molecule has 0 saturated carbocycles. The summed E-state index contributed by atoms with van der Waals surface area (Å²) >= 11 is 3.34. The van der Waals surface area contributed by atoms with Crippen molar-refractivity contribution in [2.45, 2.75) is 0 Å². The molecule has 138 valence electrons. The highest BCUT2D eigenvalue weighted by atomic mass is 79.9. The van der Waals surface area contributed by atoms with Crippen molar-refractivity contribution in [3.8, 4) is 22.8 Å². The van der Waals surface area contributed by atoms with E-state index in [2.05, 4.69) is 21.0 Å². The number of hydrogen-bond acceptors (Lipinski definition) is 3. The van der Waals surface area contributed by atoms with Gasteiger partial charge < -0.3 is 4.74 Å². The van der Waals surface area contributed by atoms with Crippen molar-refractivity contribution in [1.82, 2.24) is 9.78 Å². The highest BCUT2D eigenvalue weighted by Gasteiger charge is 2.17. The second-order valence-corrected chi connectivity index (χ2v) is 6.93. The Morgan fingerprint density at radius 3 is 2.29 bits per heavy atom. The molecule has 0 spiro atoms. The molecule has 0 fully saturated rings. The molecule has 0 unspecified atom stereocenters. The third-order valence-electron chi connectivity index (χ3n) is 4.09. The zero-order chi connectivity index (χ0) is 19.5. The van der Waals surface area contributed by atoms with E-state index in [4.69, 9.17) is 4.74 Å². The third kappa shape index (κ3) is 3.87. The van der Waals surface area contributed by atoms with Crippen molar-refractivity contribution in [2.24, 2.45) is 0 Å². The highest BCUT2D eigenvalue weighted by molar-refractivity contribution is 9.10. The SMILES string of the molecule is O=C(Oc1cc(-c2ccccc2)nn1-c1ccc(F)cc1)c1ccc(Br)cc1. The summed E-state index contributed by atoms with van der Waals surface area (Å²) in [7, 11) is 0. The molecular formula is C22H14BrFN2O2. The monoisotopic (exact) mass is 436 g/mol. The van der Waals surface area contributed by atoms with Gasteiger partial charge in [-0.1, -0.05) is 46.3 Å². The Morgan fingerprint density at radius 2 is 1.61 bits per heavy atom. The van der Waals surface area contributed by atoms with Crippen molar-refractivity contribution >= 4 is 21.9 Å². The second kappa shape index (κ2) is 7.78. The van der Waals surface area contributed by atoms with Crippen LogP contribution in [0.2, 0.25) is 0 Å². The van der Waals surface area contributed by atoms with E-state index in [-0.39, 0.29) is 11.7 Å². The molecule has 0 radical (unpaired) electrons. The molecule has 3 aromatic carbocycles. The van der Waals surface area contributed by atoms with Gasteiger partial charge in [0.25, 0.3) is 0 Å². The van der Waals surface area contributed by atoms with E-state index in [1.54, 1.807) is 42.5 Å². The first kappa shape index (κ1) is 18.1. The molecule has 0 bridgehead atoms. The van der Waals surface area contributed by atoms with Crippen LogP contribution in [0.1, 0.15) is 10.4 Å². The number of carbonyl (C=O) groups excluding carboxylic acids is 1. The number of esters is 1. The van der Waals surface area contributed by atoms with Gasteiger partial charge in [0.1, 0.15) is 5.82 Å². The maximum absolute atomic E-state index is 13.3. The van der Waals surface area contributed by atoms with Crippen LogP contribution in [-0.2, 0) is 0 Å².